The van der Waals surface area contributed by atoms with Crippen molar-refractivity contribution in [2.75, 3.05) is 6.61 Å². The van der Waals surface area contributed by atoms with Crippen molar-refractivity contribution in [3.63, 3.8) is 0 Å². The van der Waals surface area contributed by atoms with E-state index in [0.717, 1.165) is 5.56 Å². The number of fused-ring (bicyclic) bond motifs is 1. The minimum absolute atomic E-state index is 0.0222. The lowest BCUT2D eigenvalue weighted by molar-refractivity contribution is 0.263. The zero-order valence-corrected chi connectivity index (χ0v) is 12.1. The number of nitrogens with two attached hydrogens (primary N) is 1. The highest BCUT2D eigenvalue weighted by molar-refractivity contribution is 7.89. The molecule has 2 heterocycles. The maximum Gasteiger partial charge on any atom is 0.258 e. The van der Waals surface area contributed by atoms with Gasteiger partial charge in [-0.2, -0.15) is 5.10 Å². The van der Waals surface area contributed by atoms with Gasteiger partial charge < -0.3 is 10.5 Å². The SMILES string of the molecule is NCc1cn[nH]c1S(=O)(=O)NC1CCOc2ccccc21. The highest BCUT2D eigenvalue weighted by Gasteiger charge is 2.28. The molecule has 0 fully saturated rings. The summed E-state index contributed by atoms with van der Waals surface area (Å²) in [5, 5.41) is 6.27. The van der Waals surface area contributed by atoms with Crippen molar-refractivity contribution < 1.29 is 13.2 Å². The van der Waals surface area contributed by atoms with Gasteiger partial charge in [-0.3, -0.25) is 5.10 Å². The molecule has 7 nitrogen and oxygen atoms in total. The second-order valence-electron chi connectivity index (χ2n) is 4.78. The summed E-state index contributed by atoms with van der Waals surface area (Å²) in [5.74, 6) is 0.708. The number of benzene rings is 1. The number of aromatic nitrogens is 2. The molecule has 21 heavy (non-hydrogen) atoms. The number of para-hydroxylation sites is 1. The summed E-state index contributed by atoms with van der Waals surface area (Å²) in [6.45, 7) is 0.577. The third-order valence-corrected chi connectivity index (χ3v) is 4.91. The van der Waals surface area contributed by atoms with Crippen LogP contribution in [0.25, 0.3) is 0 Å². The summed E-state index contributed by atoms with van der Waals surface area (Å²) < 4.78 is 33.2. The molecule has 0 radical (unpaired) electrons. The molecule has 1 aliphatic heterocycles. The summed E-state index contributed by atoms with van der Waals surface area (Å²) >= 11 is 0. The van der Waals surface area contributed by atoms with Crippen molar-refractivity contribution in [2.24, 2.45) is 5.73 Å². The average molecular weight is 308 g/mol. The zero-order chi connectivity index (χ0) is 14.9. The Labute approximate surface area is 122 Å². The van der Waals surface area contributed by atoms with Crippen molar-refractivity contribution in [1.82, 2.24) is 14.9 Å². The van der Waals surface area contributed by atoms with Crippen molar-refractivity contribution in [2.45, 2.75) is 24.0 Å². The van der Waals surface area contributed by atoms with Crippen LogP contribution in [0.1, 0.15) is 23.6 Å². The van der Waals surface area contributed by atoms with Crippen LogP contribution in [0, 0.1) is 0 Å². The van der Waals surface area contributed by atoms with Crippen LogP contribution < -0.4 is 15.2 Å². The fraction of sp³-hybridized carbons (Fsp3) is 0.308. The van der Waals surface area contributed by atoms with Gasteiger partial charge in [-0.25, -0.2) is 13.1 Å². The number of rotatable bonds is 4. The topological polar surface area (TPSA) is 110 Å². The third kappa shape index (κ3) is 2.65. The first-order valence-corrected chi connectivity index (χ1v) is 8.06. The van der Waals surface area contributed by atoms with E-state index in [1.807, 2.05) is 24.3 Å². The molecule has 0 bridgehead atoms. The summed E-state index contributed by atoms with van der Waals surface area (Å²) in [5.41, 5.74) is 6.82. The first kappa shape index (κ1) is 14.1. The third-order valence-electron chi connectivity index (χ3n) is 3.42. The molecule has 112 valence electrons. The summed E-state index contributed by atoms with van der Waals surface area (Å²) in [7, 11) is -3.71. The lowest BCUT2D eigenvalue weighted by Gasteiger charge is -2.26. The quantitative estimate of drug-likeness (QED) is 0.769. The Hall–Kier alpha value is -1.90. The van der Waals surface area contributed by atoms with Crippen LogP contribution in [0.4, 0.5) is 0 Å². The van der Waals surface area contributed by atoms with Gasteiger partial charge in [-0.1, -0.05) is 18.2 Å². The lowest BCUT2D eigenvalue weighted by Crippen LogP contribution is -2.33. The van der Waals surface area contributed by atoms with E-state index in [9.17, 15) is 8.42 Å². The van der Waals surface area contributed by atoms with Crippen LogP contribution in [-0.2, 0) is 16.6 Å². The van der Waals surface area contributed by atoms with E-state index in [1.54, 1.807) is 0 Å². The van der Waals surface area contributed by atoms with E-state index in [1.165, 1.54) is 6.20 Å². The molecule has 1 unspecified atom stereocenters. The van der Waals surface area contributed by atoms with E-state index in [4.69, 9.17) is 10.5 Å². The van der Waals surface area contributed by atoms with Gasteiger partial charge in [0, 0.05) is 24.1 Å². The molecule has 1 aromatic heterocycles. The number of aromatic amines is 1. The second-order valence-corrected chi connectivity index (χ2v) is 6.43. The van der Waals surface area contributed by atoms with Gasteiger partial charge in [-0.05, 0) is 6.07 Å². The number of ether oxygens (including phenoxy) is 1. The van der Waals surface area contributed by atoms with Gasteiger partial charge in [0.25, 0.3) is 10.0 Å². The van der Waals surface area contributed by atoms with Crippen LogP contribution in [0.3, 0.4) is 0 Å². The van der Waals surface area contributed by atoms with E-state index < -0.39 is 10.0 Å². The zero-order valence-electron chi connectivity index (χ0n) is 11.2. The number of nitrogens with zero attached hydrogens (tertiary/aromatic N) is 1. The molecular weight excluding hydrogens is 292 g/mol. The predicted octanol–water partition coefficient (Wildman–Crippen LogP) is 0.670. The smallest absolute Gasteiger partial charge is 0.258 e. The fourth-order valence-corrected chi connectivity index (χ4v) is 3.78. The highest BCUT2D eigenvalue weighted by atomic mass is 32.2. The van der Waals surface area contributed by atoms with Crippen LogP contribution in [0.15, 0.2) is 35.5 Å². The van der Waals surface area contributed by atoms with E-state index in [-0.39, 0.29) is 17.6 Å². The Balaban J connectivity index is 1.91. The molecule has 2 aromatic rings. The number of hydrogen-bond acceptors (Lipinski definition) is 5. The molecule has 4 N–H and O–H groups in total. The normalized spacial score (nSPS) is 18.0. The molecule has 0 amide bonds. The number of H-pyrrole nitrogens is 1. The van der Waals surface area contributed by atoms with Crippen LogP contribution in [0.2, 0.25) is 0 Å². The molecule has 0 saturated heterocycles. The van der Waals surface area contributed by atoms with Crippen molar-refractivity contribution in [3.05, 3.63) is 41.6 Å². The standard InChI is InChI=1S/C13H16N4O3S/c14-7-9-8-15-16-13(9)21(18,19)17-11-5-6-20-12-4-2-1-3-10(11)12/h1-4,8,11,17H,5-7,14H2,(H,15,16). The van der Waals surface area contributed by atoms with E-state index in [2.05, 4.69) is 14.9 Å². The maximum absolute atomic E-state index is 12.5. The highest BCUT2D eigenvalue weighted by Crippen LogP contribution is 2.32. The van der Waals surface area contributed by atoms with Crippen molar-refractivity contribution in [3.8, 4) is 5.75 Å². The van der Waals surface area contributed by atoms with Gasteiger partial charge in [0.1, 0.15) is 5.75 Å². The Morgan fingerprint density at radius 2 is 2.24 bits per heavy atom. The molecule has 0 aliphatic carbocycles. The second kappa shape index (κ2) is 5.47. The van der Waals surface area contributed by atoms with Crippen LogP contribution in [-0.4, -0.2) is 25.2 Å². The Morgan fingerprint density at radius 3 is 3.05 bits per heavy atom. The molecule has 3 rings (SSSR count). The Morgan fingerprint density at radius 1 is 1.43 bits per heavy atom. The molecule has 8 heteroatoms. The number of sulfonamides is 1. The average Bonchev–Trinajstić information content (AvgIpc) is 2.97. The molecule has 1 atom stereocenters. The van der Waals surface area contributed by atoms with Crippen molar-refractivity contribution >= 4 is 10.0 Å². The van der Waals surface area contributed by atoms with E-state index >= 15 is 0 Å². The van der Waals surface area contributed by atoms with Gasteiger partial charge in [0.2, 0.25) is 0 Å². The largest absolute Gasteiger partial charge is 0.493 e. The van der Waals surface area contributed by atoms with Crippen molar-refractivity contribution in [1.29, 1.82) is 0 Å². The van der Waals surface area contributed by atoms with Crippen LogP contribution in [0.5, 0.6) is 5.75 Å². The minimum atomic E-state index is -3.71. The Bertz CT molecular complexity index is 741. The number of hydrogen-bond donors (Lipinski definition) is 3. The molecule has 1 aromatic carbocycles. The van der Waals surface area contributed by atoms with E-state index in [0.29, 0.717) is 24.3 Å². The Kier molecular flexibility index (Phi) is 3.66. The van der Waals surface area contributed by atoms with Gasteiger partial charge in [0.05, 0.1) is 18.8 Å². The molecule has 0 saturated carbocycles. The maximum atomic E-state index is 12.5. The molecule has 1 aliphatic rings. The fourth-order valence-electron chi connectivity index (χ4n) is 2.39. The minimum Gasteiger partial charge on any atom is -0.493 e. The molecular formula is C13H16N4O3S. The van der Waals surface area contributed by atoms with Crippen LogP contribution >= 0.6 is 0 Å². The summed E-state index contributed by atoms with van der Waals surface area (Å²) in [6.07, 6.45) is 1.99. The van der Waals surface area contributed by atoms with Gasteiger partial charge in [-0.15, -0.1) is 0 Å². The molecule has 0 spiro atoms. The van der Waals surface area contributed by atoms with Gasteiger partial charge >= 0.3 is 0 Å². The van der Waals surface area contributed by atoms with Gasteiger partial charge in [0.15, 0.2) is 5.03 Å². The number of nitrogens with one attached hydrogen (secondary N) is 2. The lowest BCUT2D eigenvalue weighted by atomic mass is 10.0. The first-order chi connectivity index (χ1) is 10.1. The first-order valence-electron chi connectivity index (χ1n) is 6.58. The monoisotopic (exact) mass is 308 g/mol. The summed E-state index contributed by atoms with van der Waals surface area (Å²) in [6, 6.07) is 7.08. The predicted molar refractivity (Wildman–Crippen MR) is 76.1 cm³/mol. The summed E-state index contributed by atoms with van der Waals surface area (Å²) in [4.78, 5) is 0.